The minimum absolute atomic E-state index is 0.172. The van der Waals surface area contributed by atoms with Gasteiger partial charge in [0.1, 0.15) is 11.3 Å². The third-order valence-electron chi connectivity index (χ3n) is 3.15. The highest BCUT2D eigenvalue weighted by Crippen LogP contribution is 2.25. The van der Waals surface area contributed by atoms with Crippen LogP contribution in [0.5, 0.6) is 0 Å². The number of hydrogen-bond acceptors (Lipinski definition) is 6. The topological polar surface area (TPSA) is 78.3 Å². The molecule has 2 rings (SSSR count). The summed E-state index contributed by atoms with van der Waals surface area (Å²) in [5.41, 5.74) is 0.638. The number of ether oxygens (including phenoxy) is 1. The molecular formula is C14H16N2O4S. The molecule has 112 valence electrons. The third kappa shape index (κ3) is 3.18. The Balaban J connectivity index is 2.25. The van der Waals surface area contributed by atoms with E-state index >= 15 is 0 Å². The molecule has 7 heteroatoms. The molecule has 0 spiro atoms. The number of carbonyl (C=O) groups is 2. The van der Waals surface area contributed by atoms with E-state index in [9.17, 15) is 14.4 Å². The van der Waals surface area contributed by atoms with E-state index in [1.165, 1.54) is 22.2 Å². The van der Waals surface area contributed by atoms with Crippen LogP contribution >= 0.6 is 11.3 Å². The largest absolute Gasteiger partial charge is 0.466 e. The number of nitrogens with zero attached hydrogens (tertiary/aromatic N) is 2. The molecule has 2 aromatic heterocycles. The van der Waals surface area contributed by atoms with E-state index in [0.717, 1.165) is 10.4 Å². The van der Waals surface area contributed by atoms with Crippen molar-refractivity contribution in [2.45, 2.75) is 33.7 Å². The molecular weight excluding hydrogens is 292 g/mol. The lowest BCUT2D eigenvalue weighted by atomic mass is 10.2. The average molecular weight is 308 g/mol. The molecule has 2 aromatic rings. The second-order valence-electron chi connectivity index (χ2n) is 4.66. The van der Waals surface area contributed by atoms with Gasteiger partial charge in [0, 0.05) is 4.88 Å². The van der Waals surface area contributed by atoms with E-state index < -0.39 is 5.97 Å². The molecule has 0 fully saturated rings. The first kappa shape index (κ1) is 15.4. The second kappa shape index (κ2) is 6.17. The molecule has 0 unspecified atom stereocenters. The van der Waals surface area contributed by atoms with E-state index in [0.29, 0.717) is 10.2 Å². The van der Waals surface area contributed by atoms with Crippen molar-refractivity contribution in [2.24, 2.45) is 0 Å². The zero-order chi connectivity index (χ0) is 15.6. The fraction of sp³-hybridized carbons (Fsp3) is 0.429. The summed E-state index contributed by atoms with van der Waals surface area (Å²) in [5.74, 6) is -0.951. The van der Waals surface area contributed by atoms with Crippen molar-refractivity contribution in [1.29, 1.82) is 0 Å². The number of hydrogen-bond donors (Lipinski definition) is 0. The van der Waals surface area contributed by atoms with Gasteiger partial charge in [-0.1, -0.05) is 0 Å². The Kier molecular flexibility index (Phi) is 4.52. The van der Waals surface area contributed by atoms with Gasteiger partial charge in [-0.3, -0.25) is 19.0 Å². The zero-order valence-electron chi connectivity index (χ0n) is 12.1. The van der Waals surface area contributed by atoms with Gasteiger partial charge in [0.25, 0.3) is 5.56 Å². The average Bonchev–Trinajstić information content (AvgIpc) is 2.69. The first-order valence-corrected chi connectivity index (χ1v) is 7.38. The fourth-order valence-electron chi connectivity index (χ4n) is 2.00. The van der Waals surface area contributed by atoms with Crippen LogP contribution in [0.3, 0.4) is 0 Å². The molecule has 0 radical (unpaired) electrons. The van der Waals surface area contributed by atoms with E-state index in [4.69, 9.17) is 4.74 Å². The number of carbonyl (C=O) groups excluding carboxylic acids is 2. The maximum absolute atomic E-state index is 12.4. The van der Waals surface area contributed by atoms with Crippen molar-refractivity contribution in [1.82, 2.24) is 9.55 Å². The highest BCUT2D eigenvalue weighted by Gasteiger charge is 2.15. The van der Waals surface area contributed by atoms with Crippen LogP contribution in [0.1, 0.15) is 23.8 Å². The van der Waals surface area contributed by atoms with Gasteiger partial charge in [-0.25, -0.2) is 4.98 Å². The number of Topliss-reactive ketones (excluding diaryl/α,β-unsaturated/α-hetero) is 1. The molecule has 0 bridgehead atoms. The summed E-state index contributed by atoms with van der Waals surface area (Å²) in [6.07, 6.45) is 1.02. The Labute approximate surface area is 125 Å². The van der Waals surface area contributed by atoms with Crippen LogP contribution in [0.4, 0.5) is 0 Å². The standard InChI is InChI=1S/C14H16N2O4S/c1-4-20-11(18)5-10(17)6-16-7-15-13-12(14(16)19)8(2)9(3)21-13/h7H,4-6H2,1-3H3. The van der Waals surface area contributed by atoms with Gasteiger partial charge in [-0.15, -0.1) is 11.3 Å². The number of rotatable bonds is 5. The van der Waals surface area contributed by atoms with Crippen molar-refractivity contribution in [3.05, 3.63) is 27.1 Å². The van der Waals surface area contributed by atoms with E-state index in [2.05, 4.69) is 4.98 Å². The molecule has 0 atom stereocenters. The first-order chi connectivity index (χ1) is 9.93. The zero-order valence-corrected chi connectivity index (χ0v) is 13.0. The summed E-state index contributed by atoms with van der Waals surface area (Å²) >= 11 is 1.45. The van der Waals surface area contributed by atoms with Crippen molar-refractivity contribution >= 4 is 33.3 Å². The Morgan fingerprint density at radius 2 is 2.10 bits per heavy atom. The van der Waals surface area contributed by atoms with Crippen LogP contribution in [0.25, 0.3) is 10.2 Å². The van der Waals surface area contributed by atoms with Gasteiger partial charge in [0.2, 0.25) is 0 Å². The number of fused-ring (bicyclic) bond motifs is 1. The van der Waals surface area contributed by atoms with Crippen LogP contribution in [-0.2, 0) is 20.9 Å². The quantitative estimate of drug-likeness (QED) is 0.619. The maximum Gasteiger partial charge on any atom is 0.313 e. The summed E-state index contributed by atoms with van der Waals surface area (Å²) in [7, 11) is 0. The van der Waals surface area contributed by atoms with Crippen LogP contribution < -0.4 is 5.56 Å². The molecule has 6 nitrogen and oxygen atoms in total. The third-order valence-corrected chi connectivity index (χ3v) is 4.26. The van der Waals surface area contributed by atoms with Crippen LogP contribution in [0.2, 0.25) is 0 Å². The number of aryl methyl sites for hydroxylation is 2. The summed E-state index contributed by atoms with van der Waals surface area (Å²) in [4.78, 5) is 41.3. The molecule has 0 aromatic carbocycles. The fourth-order valence-corrected chi connectivity index (χ4v) is 2.99. The van der Waals surface area contributed by atoms with Gasteiger partial charge in [0.15, 0.2) is 5.78 Å². The number of ketones is 1. The van der Waals surface area contributed by atoms with E-state index in [1.807, 2.05) is 13.8 Å². The molecule has 2 heterocycles. The van der Waals surface area contributed by atoms with Crippen LogP contribution in [-0.4, -0.2) is 27.9 Å². The molecule has 0 saturated heterocycles. The maximum atomic E-state index is 12.4. The lowest BCUT2D eigenvalue weighted by Gasteiger charge is -2.05. The molecule has 21 heavy (non-hydrogen) atoms. The first-order valence-electron chi connectivity index (χ1n) is 6.56. The summed E-state index contributed by atoms with van der Waals surface area (Å²) in [5, 5.41) is 0.545. The van der Waals surface area contributed by atoms with Crippen molar-refractivity contribution in [2.75, 3.05) is 6.61 Å². The van der Waals surface area contributed by atoms with Gasteiger partial charge in [-0.2, -0.15) is 0 Å². The number of esters is 1. The van der Waals surface area contributed by atoms with Crippen LogP contribution in [0.15, 0.2) is 11.1 Å². The number of thiophene rings is 1. The van der Waals surface area contributed by atoms with Crippen molar-refractivity contribution < 1.29 is 14.3 Å². The lowest BCUT2D eigenvalue weighted by molar-refractivity contribution is -0.145. The molecule has 0 saturated carbocycles. The van der Waals surface area contributed by atoms with Crippen molar-refractivity contribution in [3.8, 4) is 0 Å². The molecule has 0 aliphatic heterocycles. The van der Waals surface area contributed by atoms with Gasteiger partial charge in [-0.05, 0) is 26.3 Å². The Bertz CT molecular complexity index is 760. The summed E-state index contributed by atoms with van der Waals surface area (Å²) in [6, 6.07) is 0. The Morgan fingerprint density at radius 1 is 1.38 bits per heavy atom. The highest BCUT2D eigenvalue weighted by atomic mass is 32.1. The van der Waals surface area contributed by atoms with Crippen molar-refractivity contribution in [3.63, 3.8) is 0 Å². The predicted octanol–water partition coefficient (Wildman–Crippen LogP) is 1.60. The Morgan fingerprint density at radius 3 is 2.76 bits per heavy atom. The molecule has 0 amide bonds. The Hall–Kier alpha value is -2.02. The normalized spacial score (nSPS) is 10.8. The SMILES string of the molecule is CCOC(=O)CC(=O)Cn1cnc2sc(C)c(C)c2c1=O. The predicted molar refractivity (Wildman–Crippen MR) is 79.6 cm³/mol. The smallest absolute Gasteiger partial charge is 0.313 e. The molecule has 0 N–H and O–H groups in total. The molecule has 0 aliphatic carbocycles. The number of aromatic nitrogens is 2. The highest BCUT2D eigenvalue weighted by molar-refractivity contribution is 7.18. The minimum atomic E-state index is -0.577. The molecule has 0 aliphatic rings. The van der Waals surface area contributed by atoms with Crippen LogP contribution in [0, 0.1) is 13.8 Å². The van der Waals surface area contributed by atoms with E-state index in [-0.39, 0.29) is 30.9 Å². The van der Waals surface area contributed by atoms with Gasteiger partial charge in [0.05, 0.1) is 24.9 Å². The minimum Gasteiger partial charge on any atom is -0.466 e. The second-order valence-corrected chi connectivity index (χ2v) is 5.86. The lowest BCUT2D eigenvalue weighted by Crippen LogP contribution is -2.26. The van der Waals surface area contributed by atoms with Gasteiger partial charge < -0.3 is 4.74 Å². The van der Waals surface area contributed by atoms with Gasteiger partial charge >= 0.3 is 5.97 Å². The monoisotopic (exact) mass is 308 g/mol. The van der Waals surface area contributed by atoms with E-state index in [1.54, 1.807) is 6.92 Å². The summed E-state index contributed by atoms with van der Waals surface area (Å²) < 4.78 is 5.95. The summed E-state index contributed by atoms with van der Waals surface area (Å²) in [6.45, 7) is 5.52.